The molecule has 0 aromatic heterocycles. The molecule has 1 atom stereocenters. The van der Waals surface area contributed by atoms with E-state index in [1.54, 1.807) is 0 Å². The first-order chi connectivity index (χ1) is 11.4. The number of anilines is 1. The van der Waals surface area contributed by atoms with E-state index >= 15 is 0 Å². The zero-order valence-corrected chi connectivity index (χ0v) is 17.8. The van der Waals surface area contributed by atoms with Gasteiger partial charge in [0.15, 0.2) is 5.96 Å². The second kappa shape index (κ2) is 10.4. The maximum atomic E-state index is 6.07. The highest BCUT2D eigenvalue weighted by molar-refractivity contribution is 14.0. The number of nitrogens with zero attached hydrogens (tertiary/aromatic N) is 2. The van der Waals surface area contributed by atoms with Crippen LogP contribution in [0.1, 0.15) is 16.7 Å². The predicted molar refractivity (Wildman–Crippen MR) is 119 cm³/mol. The van der Waals surface area contributed by atoms with Gasteiger partial charge in [0.05, 0.1) is 6.54 Å². The summed E-state index contributed by atoms with van der Waals surface area (Å²) in [6.07, 6.45) is 0.953. The molecule has 2 rings (SSSR count). The lowest BCUT2D eigenvalue weighted by Crippen LogP contribution is -2.34. The Kier molecular flexibility index (Phi) is 8.92. The van der Waals surface area contributed by atoms with Crippen molar-refractivity contribution < 1.29 is 0 Å². The third-order valence-corrected chi connectivity index (χ3v) is 4.01. The van der Waals surface area contributed by atoms with Crippen LogP contribution in [-0.4, -0.2) is 37.5 Å². The lowest BCUT2D eigenvalue weighted by Gasteiger charge is -2.23. The minimum absolute atomic E-state index is 0. The highest BCUT2D eigenvalue weighted by atomic mass is 127. The van der Waals surface area contributed by atoms with E-state index in [0.717, 1.165) is 12.1 Å². The number of halogens is 1. The summed E-state index contributed by atoms with van der Waals surface area (Å²) in [5, 5.41) is 3.19. The van der Waals surface area contributed by atoms with Gasteiger partial charge in [-0.15, -0.1) is 24.0 Å². The Morgan fingerprint density at radius 1 is 1.08 bits per heavy atom. The third-order valence-electron chi connectivity index (χ3n) is 4.01. The molecule has 0 saturated carbocycles. The normalized spacial score (nSPS) is 12.6. The third kappa shape index (κ3) is 7.44. The number of hydrogen-bond donors (Lipinski definition) is 2. The monoisotopic (exact) mass is 452 g/mol. The van der Waals surface area contributed by atoms with Crippen LogP contribution in [0.3, 0.4) is 0 Å². The molecule has 5 heteroatoms. The van der Waals surface area contributed by atoms with Gasteiger partial charge in [0.25, 0.3) is 0 Å². The van der Waals surface area contributed by atoms with Crippen LogP contribution in [-0.2, 0) is 6.42 Å². The highest BCUT2D eigenvalue weighted by Crippen LogP contribution is 2.13. The lowest BCUT2D eigenvalue weighted by atomic mass is 10.1. The second-order valence-electron chi connectivity index (χ2n) is 6.53. The largest absolute Gasteiger partial charge is 0.370 e. The minimum Gasteiger partial charge on any atom is -0.370 e. The predicted octanol–water partition coefficient (Wildman–Crippen LogP) is 3.82. The molecule has 0 saturated heterocycles. The maximum Gasteiger partial charge on any atom is 0.193 e. The number of hydrogen-bond acceptors (Lipinski definition) is 2. The van der Waals surface area contributed by atoms with Crippen LogP contribution in [0, 0.1) is 13.8 Å². The van der Waals surface area contributed by atoms with Crippen LogP contribution in [0.5, 0.6) is 0 Å². The Hall–Kier alpha value is -1.60. The molecule has 2 aromatic rings. The van der Waals surface area contributed by atoms with Crippen molar-refractivity contribution in [1.29, 1.82) is 0 Å². The molecule has 4 nitrogen and oxygen atoms in total. The molecular weight excluding hydrogens is 423 g/mol. The zero-order valence-electron chi connectivity index (χ0n) is 15.5. The fraction of sp³-hybridized carbons (Fsp3) is 0.350. The van der Waals surface area contributed by atoms with E-state index in [1.165, 1.54) is 16.7 Å². The summed E-state index contributed by atoms with van der Waals surface area (Å²) < 4.78 is 0. The smallest absolute Gasteiger partial charge is 0.193 e. The van der Waals surface area contributed by atoms with E-state index in [4.69, 9.17) is 5.73 Å². The molecule has 3 N–H and O–H groups in total. The summed E-state index contributed by atoms with van der Waals surface area (Å²) in [7, 11) is 4.16. The molecule has 136 valence electrons. The topological polar surface area (TPSA) is 53.6 Å². The quantitative estimate of drug-likeness (QED) is 0.398. The fourth-order valence-corrected chi connectivity index (χ4v) is 2.73. The van der Waals surface area contributed by atoms with Gasteiger partial charge in [-0.25, -0.2) is 0 Å². The van der Waals surface area contributed by atoms with E-state index < -0.39 is 0 Å². The number of nitrogens with two attached hydrogens (primary N) is 1. The Labute approximate surface area is 168 Å². The Balaban J connectivity index is 0.00000312. The van der Waals surface area contributed by atoms with E-state index in [2.05, 4.69) is 85.6 Å². The van der Waals surface area contributed by atoms with Crippen molar-refractivity contribution in [2.24, 2.45) is 10.7 Å². The first kappa shape index (κ1) is 21.4. The molecular formula is C20H29IN4. The molecule has 0 heterocycles. The van der Waals surface area contributed by atoms with Crippen LogP contribution in [0.2, 0.25) is 0 Å². The number of rotatable bonds is 6. The molecule has 0 fully saturated rings. The number of nitrogens with one attached hydrogen (secondary N) is 1. The van der Waals surface area contributed by atoms with E-state index in [9.17, 15) is 0 Å². The summed E-state index contributed by atoms with van der Waals surface area (Å²) in [5.74, 6) is 0.458. The molecule has 0 bridgehead atoms. The Bertz CT molecular complexity index is 663. The van der Waals surface area contributed by atoms with E-state index in [-0.39, 0.29) is 24.0 Å². The van der Waals surface area contributed by atoms with Crippen molar-refractivity contribution in [3.8, 4) is 0 Å². The summed E-state index contributed by atoms with van der Waals surface area (Å²) in [5.41, 5.74) is 10.8. The van der Waals surface area contributed by atoms with Crippen molar-refractivity contribution in [2.75, 3.05) is 26.0 Å². The van der Waals surface area contributed by atoms with Crippen LogP contribution >= 0.6 is 24.0 Å². The zero-order chi connectivity index (χ0) is 17.5. The van der Waals surface area contributed by atoms with Crippen molar-refractivity contribution >= 4 is 35.6 Å². The van der Waals surface area contributed by atoms with Crippen molar-refractivity contribution in [1.82, 2.24) is 4.90 Å². The Morgan fingerprint density at radius 3 is 2.24 bits per heavy atom. The van der Waals surface area contributed by atoms with Crippen LogP contribution in [0.25, 0.3) is 0 Å². The average Bonchev–Trinajstić information content (AvgIpc) is 2.51. The van der Waals surface area contributed by atoms with Gasteiger partial charge in [-0.3, -0.25) is 4.99 Å². The molecule has 0 amide bonds. The molecule has 0 spiro atoms. The summed E-state index contributed by atoms with van der Waals surface area (Å²) >= 11 is 0. The van der Waals surface area contributed by atoms with Crippen molar-refractivity contribution in [3.05, 3.63) is 65.2 Å². The fourth-order valence-electron chi connectivity index (χ4n) is 2.73. The minimum atomic E-state index is 0. The van der Waals surface area contributed by atoms with Gasteiger partial charge >= 0.3 is 0 Å². The SMILES string of the molecule is Cc1cc(C)cc(NC(N)=NCC(Cc2ccccc2)N(C)C)c1.I. The van der Waals surface area contributed by atoms with Gasteiger partial charge in [0.2, 0.25) is 0 Å². The summed E-state index contributed by atoms with van der Waals surface area (Å²) in [6, 6.07) is 17.1. The molecule has 1 unspecified atom stereocenters. The standard InChI is InChI=1S/C20H28N4.HI/c1-15-10-16(2)12-18(11-15)23-20(21)22-14-19(24(3)4)13-17-8-6-5-7-9-17;/h5-12,19H,13-14H2,1-4H3,(H3,21,22,23);1H. The maximum absolute atomic E-state index is 6.07. The van der Waals surface area contributed by atoms with Gasteiger partial charge in [0, 0.05) is 11.7 Å². The van der Waals surface area contributed by atoms with Gasteiger partial charge < -0.3 is 16.0 Å². The average molecular weight is 452 g/mol. The Morgan fingerprint density at radius 2 is 1.68 bits per heavy atom. The molecule has 0 radical (unpaired) electrons. The van der Waals surface area contributed by atoms with Gasteiger partial charge in [0.1, 0.15) is 0 Å². The second-order valence-corrected chi connectivity index (χ2v) is 6.53. The molecule has 0 aliphatic heterocycles. The van der Waals surface area contributed by atoms with Gasteiger partial charge in [-0.2, -0.15) is 0 Å². The molecule has 0 aliphatic rings. The first-order valence-corrected chi connectivity index (χ1v) is 8.29. The van der Waals surface area contributed by atoms with Crippen molar-refractivity contribution in [2.45, 2.75) is 26.3 Å². The number of aryl methyl sites for hydroxylation is 2. The molecule has 25 heavy (non-hydrogen) atoms. The van der Waals surface area contributed by atoms with E-state index in [0.29, 0.717) is 18.5 Å². The van der Waals surface area contributed by atoms with Crippen LogP contribution in [0.4, 0.5) is 5.69 Å². The van der Waals surface area contributed by atoms with Crippen LogP contribution < -0.4 is 11.1 Å². The number of likely N-dealkylation sites (N-methyl/N-ethyl adjacent to an activating group) is 1. The summed E-state index contributed by atoms with van der Waals surface area (Å²) in [6.45, 7) is 4.81. The van der Waals surface area contributed by atoms with Crippen LogP contribution in [0.15, 0.2) is 53.5 Å². The first-order valence-electron chi connectivity index (χ1n) is 8.29. The number of guanidine groups is 1. The summed E-state index contributed by atoms with van der Waals surface area (Å²) in [4.78, 5) is 6.73. The van der Waals surface area contributed by atoms with Crippen molar-refractivity contribution in [3.63, 3.8) is 0 Å². The number of benzene rings is 2. The molecule has 0 aliphatic carbocycles. The van der Waals surface area contributed by atoms with E-state index in [1.807, 2.05) is 6.07 Å². The number of aliphatic imine (C=N–C) groups is 1. The van der Waals surface area contributed by atoms with Gasteiger partial charge in [-0.1, -0.05) is 36.4 Å². The molecule has 2 aromatic carbocycles. The lowest BCUT2D eigenvalue weighted by molar-refractivity contribution is 0.298. The van der Waals surface area contributed by atoms with Gasteiger partial charge in [-0.05, 0) is 63.2 Å². The highest BCUT2D eigenvalue weighted by Gasteiger charge is 2.12.